The van der Waals surface area contributed by atoms with E-state index in [1.807, 2.05) is 24.3 Å². The molecule has 61 heavy (non-hydrogen) atoms. The third kappa shape index (κ3) is 5.82. The summed E-state index contributed by atoms with van der Waals surface area (Å²) in [5.74, 6) is 0. The second-order valence-corrected chi connectivity index (χ2v) is 15.6. The zero-order valence-corrected chi connectivity index (χ0v) is 33.1. The highest BCUT2D eigenvalue weighted by Gasteiger charge is 2.23. The van der Waals surface area contributed by atoms with Gasteiger partial charge in [0.25, 0.3) is 0 Å². The van der Waals surface area contributed by atoms with Crippen LogP contribution in [0.1, 0.15) is 0 Å². The monoisotopic (exact) mass is 779 g/mol. The van der Waals surface area contributed by atoms with E-state index < -0.39 is 0 Å². The number of nitrogens with zero attached hydrogens (tertiary/aromatic N) is 1. The predicted molar refractivity (Wildman–Crippen MR) is 255 cm³/mol. The first-order valence-electron chi connectivity index (χ1n) is 20.7. The average Bonchev–Trinajstić information content (AvgIpc) is 3.90. The molecule has 0 amide bonds. The van der Waals surface area contributed by atoms with E-state index >= 15 is 0 Å². The van der Waals surface area contributed by atoms with E-state index in [1.54, 1.807) is 0 Å². The van der Waals surface area contributed by atoms with E-state index in [4.69, 9.17) is 8.83 Å². The van der Waals surface area contributed by atoms with Crippen LogP contribution in [0.3, 0.4) is 0 Å². The van der Waals surface area contributed by atoms with Gasteiger partial charge in [-0.2, -0.15) is 0 Å². The molecule has 12 aromatic rings. The molecule has 10 aromatic carbocycles. The molecular formula is C58H37NO2. The van der Waals surface area contributed by atoms with Crippen molar-refractivity contribution in [1.29, 1.82) is 0 Å². The smallest absolute Gasteiger partial charge is 0.136 e. The van der Waals surface area contributed by atoms with Crippen molar-refractivity contribution in [1.82, 2.24) is 0 Å². The van der Waals surface area contributed by atoms with Crippen molar-refractivity contribution in [2.45, 2.75) is 0 Å². The Bertz CT molecular complexity index is 3610. The molecule has 0 aliphatic rings. The molecule has 0 unspecified atom stereocenters. The van der Waals surface area contributed by atoms with Crippen LogP contribution in [0.4, 0.5) is 17.1 Å². The first kappa shape index (κ1) is 34.9. The minimum Gasteiger partial charge on any atom is -0.456 e. The van der Waals surface area contributed by atoms with Crippen LogP contribution < -0.4 is 4.90 Å². The quantitative estimate of drug-likeness (QED) is 0.161. The van der Waals surface area contributed by atoms with Crippen molar-refractivity contribution < 1.29 is 8.83 Å². The number of furan rings is 2. The summed E-state index contributed by atoms with van der Waals surface area (Å²) in [6.45, 7) is 0. The van der Waals surface area contributed by atoms with E-state index in [9.17, 15) is 0 Å². The lowest BCUT2D eigenvalue weighted by molar-refractivity contribution is 0.668. The largest absolute Gasteiger partial charge is 0.456 e. The molecular weight excluding hydrogens is 743 g/mol. The van der Waals surface area contributed by atoms with E-state index in [-0.39, 0.29) is 0 Å². The van der Waals surface area contributed by atoms with Gasteiger partial charge < -0.3 is 13.7 Å². The molecule has 0 saturated carbocycles. The Balaban J connectivity index is 1.11. The molecule has 0 fully saturated rings. The molecule has 2 aromatic heterocycles. The number of para-hydroxylation sites is 4. The fourth-order valence-electron chi connectivity index (χ4n) is 9.36. The van der Waals surface area contributed by atoms with E-state index in [1.165, 1.54) is 27.5 Å². The molecule has 0 N–H and O–H groups in total. The molecule has 3 nitrogen and oxygen atoms in total. The molecule has 0 saturated heterocycles. The Kier molecular flexibility index (Phi) is 8.17. The lowest BCUT2D eigenvalue weighted by atomic mass is 9.90. The van der Waals surface area contributed by atoms with Crippen molar-refractivity contribution in [2.75, 3.05) is 4.90 Å². The van der Waals surface area contributed by atoms with Gasteiger partial charge in [-0.1, -0.05) is 170 Å². The van der Waals surface area contributed by atoms with Crippen molar-refractivity contribution in [2.24, 2.45) is 0 Å². The molecule has 3 heteroatoms. The number of anilines is 3. The summed E-state index contributed by atoms with van der Waals surface area (Å²) in [6.07, 6.45) is 0. The van der Waals surface area contributed by atoms with Crippen molar-refractivity contribution in [3.63, 3.8) is 0 Å². The fourth-order valence-corrected chi connectivity index (χ4v) is 9.36. The van der Waals surface area contributed by atoms with Crippen LogP contribution in [-0.4, -0.2) is 0 Å². The van der Waals surface area contributed by atoms with Crippen LogP contribution in [0, 0.1) is 0 Å². The van der Waals surface area contributed by atoms with Crippen LogP contribution in [0.5, 0.6) is 0 Å². The summed E-state index contributed by atoms with van der Waals surface area (Å²) in [7, 11) is 0. The SMILES string of the molecule is c1ccc(-c2cccc3cccc(-c4ccccc4N(c4cccc(-c5cccc6oc7ccccc7c56)c4)c4ccccc4-c4ccc5c(c4)oc4ccccc45)c23)cc1. The second-order valence-electron chi connectivity index (χ2n) is 15.6. The molecule has 12 rings (SSSR count). The van der Waals surface area contributed by atoms with Gasteiger partial charge in [-0.05, 0) is 98.8 Å². The Labute approximate surface area is 353 Å². The van der Waals surface area contributed by atoms with Crippen molar-refractivity contribution in [3.8, 4) is 44.5 Å². The summed E-state index contributed by atoms with van der Waals surface area (Å²) in [5, 5.41) is 6.87. The number of hydrogen-bond donors (Lipinski definition) is 0. The maximum atomic E-state index is 6.45. The minimum absolute atomic E-state index is 0.868. The first-order chi connectivity index (χ1) is 30.3. The zero-order valence-electron chi connectivity index (χ0n) is 33.1. The predicted octanol–water partition coefficient (Wildman–Crippen LogP) is 16.8. The second kappa shape index (κ2) is 14.3. The van der Waals surface area contributed by atoms with Crippen molar-refractivity contribution in [3.05, 3.63) is 224 Å². The molecule has 0 aliphatic carbocycles. The zero-order chi connectivity index (χ0) is 40.3. The van der Waals surface area contributed by atoms with Gasteiger partial charge in [0, 0.05) is 38.4 Å². The van der Waals surface area contributed by atoms with Crippen LogP contribution in [-0.2, 0) is 0 Å². The Morgan fingerprint density at radius 3 is 1.62 bits per heavy atom. The summed E-state index contributed by atoms with van der Waals surface area (Å²) in [6, 6.07) is 80.1. The van der Waals surface area contributed by atoms with Gasteiger partial charge in [0.2, 0.25) is 0 Å². The van der Waals surface area contributed by atoms with Gasteiger partial charge in [-0.3, -0.25) is 0 Å². The molecule has 0 aliphatic heterocycles. The standard InChI is InChI=1S/C58H37NO2/c1-2-16-38(17-3-1)44-26-13-18-39-19-14-28-49(57(39)44)46-23-5-9-30-52(46)59(42-21-12-20-40(36-42)45-27-15-33-55-58(45)50-25-7-11-32-54(50)60-55)51-29-8-4-22-43(51)41-34-35-48-47-24-6-10-31-53(47)61-56(48)37-41/h1-37H. The van der Waals surface area contributed by atoms with E-state index in [0.717, 1.165) is 88.8 Å². The van der Waals surface area contributed by atoms with Crippen LogP contribution in [0.15, 0.2) is 233 Å². The van der Waals surface area contributed by atoms with Gasteiger partial charge in [0.15, 0.2) is 0 Å². The summed E-state index contributed by atoms with van der Waals surface area (Å²) in [5.41, 5.74) is 15.8. The molecule has 0 atom stereocenters. The highest BCUT2D eigenvalue weighted by molar-refractivity contribution is 6.13. The fraction of sp³-hybridized carbons (Fsp3) is 0. The third-order valence-corrected chi connectivity index (χ3v) is 12.1. The average molecular weight is 780 g/mol. The van der Waals surface area contributed by atoms with Gasteiger partial charge in [-0.25, -0.2) is 0 Å². The van der Waals surface area contributed by atoms with Crippen molar-refractivity contribution >= 4 is 71.7 Å². The highest BCUT2D eigenvalue weighted by atomic mass is 16.3. The molecule has 0 spiro atoms. The number of hydrogen-bond acceptors (Lipinski definition) is 3. The third-order valence-electron chi connectivity index (χ3n) is 12.1. The van der Waals surface area contributed by atoms with Gasteiger partial charge in [-0.15, -0.1) is 0 Å². The Morgan fingerprint density at radius 2 is 0.803 bits per heavy atom. The molecule has 2 heterocycles. The van der Waals surface area contributed by atoms with Crippen LogP contribution in [0.2, 0.25) is 0 Å². The van der Waals surface area contributed by atoms with Gasteiger partial charge in [0.05, 0.1) is 11.4 Å². The lowest BCUT2D eigenvalue weighted by Gasteiger charge is -2.30. The summed E-state index contributed by atoms with van der Waals surface area (Å²) < 4.78 is 12.8. The number of rotatable bonds is 7. The number of benzene rings is 10. The maximum Gasteiger partial charge on any atom is 0.136 e. The maximum absolute atomic E-state index is 6.45. The van der Waals surface area contributed by atoms with E-state index in [2.05, 4.69) is 205 Å². The molecule has 0 bridgehead atoms. The lowest BCUT2D eigenvalue weighted by Crippen LogP contribution is -2.12. The normalized spacial score (nSPS) is 11.6. The number of fused-ring (bicyclic) bond motifs is 7. The highest BCUT2D eigenvalue weighted by Crippen LogP contribution is 2.48. The van der Waals surface area contributed by atoms with Gasteiger partial charge >= 0.3 is 0 Å². The molecule has 0 radical (unpaired) electrons. The first-order valence-corrected chi connectivity index (χ1v) is 20.7. The van der Waals surface area contributed by atoms with Crippen LogP contribution >= 0.6 is 0 Å². The van der Waals surface area contributed by atoms with E-state index in [0.29, 0.717) is 0 Å². The Morgan fingerprint density at radius 1 is 0.279 bits per heavy atom. The summed E-state index contributed by atoms with van der Waals surface area (Å²) >= 11 is 0. The Hall–Kier alpha value is -8.14. The van der Waals surface area contributed by atoms with Gasteiger partial charge in [0.1, 0.15) is 22.3 Å². The summed E-state index contributed by atoms with van der Waals surface area (Å²) in [4.78, 5) is 2.44. The molecule has 286 valence electrons. The van der Waals surface area contributed by atoms with Crippen LogP contribution in [0.25, 0.3) is 99.2 Å². The minimum atomic E-state index is 0.868. The topological polar surface area (TPSA) is 29.5 Å².